The highest BCUT2D eigenvalue weighted by Gasteiger charge is 2.14. The molecule has 4 rings (SSSR count). The van der Waals surface area contributed by atoms with Gasteiger partial charge in [0.05, 0.1) is 29.5 Å². The summed E-state index contributed by atoms with van der Waals surface area (Å²) in [5, 5.41) is 5.23. The number of hydrogen-bond acceptors (Lipinski definition) is 4. The van der Waals surface area contributed by atoms with Crippen LogP contribution in [0.1, 0.15) is 11.1 Å². The van der Waals surface area contributed by atoms with Crippen molar-refractivity contribution in [2.75, 3.05) is 5.75 Å². The van der Waals surface area contributed by atoms with Crippen LogP contribution in [-0.4, -0.2) is 27.4 Å². The molecule has 32 heavy (non-hydrogen) atoms. The number of nitrogens with zero attached hydrogens (tertiary/aromatic N) is 3. The van der Waals surface area contributed by atoms with Crippen molar-refractivity contribution in [3.05, 3.63) is 93.2 Å². The van der Waals surface area contributed by atoms with Crippen LogP contribution in [0, 0.1) is 5.82 Å². The number of hydrogen-bond donors (Lipinski definition) is 1. The zero-order chi connectivity index (χ0) is 22.5. The molecule has 0 aliphatic carbocycles. The number of para-hydroxylation sites is 2. The topological polar surface area (TPSA) is 59.3 Å². The largest absolute Gasteiger partial charge is 0.314 e. The standard InChI is InChI=1S/C23H17BrClFN4OS/c24-17-9-10-19(26)16(11-17)12-27-29-22(31)14-32-23-28-20-7-3-4-8-21(20)30(23)13-15-5-1-2-6-18(15)25/h1-12H,13-14H2,(H,29,31). The number of nitrogens with one attached hydrogen (secondary N) is 1. The molecule has 0 aliphatic heterocycles. The number of benzene rings is 3. The summed E-state index contributed by atoms with van der Waals surface area (Å²) in [6.07, 6.45) is 1.27. The second kappa shape index (κ2) is 10.3. The van der Waals surface area contributed by atoms with E-state index >= 15 is 0 Å². The molecule has 0 saturated carbocycles. The Morgan fingerprint density at radius 1 is 1.19 bits per heavy atom. The summed E-state index contributed by atoms with van der Waals surface area (Å²) in [7, 11) is 0. The van der Waals surface area contributed by atoms with Crippen molar-refractivity contribution in [1.29, 1.82) is 0 Å². The van der Waals surface area contributed by atoms with Crippen LogP contribution in [-0.2, 0) is 11.3 Å². The van der Waals surface area contributed by atoms with E-state index in [1.54, 1.807) is 12.1 Å². The maximum atomic E-state index is 13.8. The molecule has 0 aliphatic rings. The van der Waals surface area contributed by atoms with Crippen molar-refractivity contribution in [3.8, 4) is 0 Å². The van der Waals surface area contributed by atoms with Gasteiger partial charge in [-0.05, 0) is 42.0 Å². The minimum atomic E-state index is -0.422. The van der Waals surface area contributed by atoms with Gasteiger partial charge in [0, 0.05) is 15.1 Å². The van der Waals surface area contributed by atoms with E-state index in [0.717, 1.165) is 21.1 Å². The molecule has 5 nitrogen and oxygen atoms in total. The average Bonchev–Trinajstić information content (AvgIpc) is 3.13. The second-order valence-corrected chi connectivity index (χ2v) is 9.07. The highest BCUT2D eigenvalue weighted by atomic mass is 79.9. The first-order valence-electron chi connectivity index (χ1n) is 9.59. The summed E-state index contributed by atoms with van der Waals surface area (Å²) >= 11 is 10.9. The lowest BCUT2D eigenvalue weighted by atomic mass is 10.2. The summed E-state index contributed by atoms with van der Waals surface area (Å²) in [4.78, 5) is 17.0. The zero-order valence-electron chi connectivity index (χ0n) is 16.6. The van der Waals surface area contributed by atoms with Gasteiger partial charge in [0.1, 0.15) is 5.82 Å². The van der Waals surface area contributed by atoms with E-state index < -0.39 is 5.82 Å². The molecule has 3 aromatic carbocycles. The third-order valence-electron chi connectivity index (χ3n) is 4.59. The van der Waals surface area contributed by atoms with Crippen LogP contribution < -0.4 is 5.43 Å². The summed E-state index contributed by atoms with van der Waals surface area (Å²) in [5.41, 5.74) is 5.46. The lowest BCUT2D eigenvalue weighted by molar-refractivity contribution is -0.118. The number of halogens is 3. The Kier molecular flexibility index (Phi) is 7.24. The molecule has 0 atom stereocenters. The molecular weight excluding hydrogens is 515 g/mol. The number of imidazole rings is 1. The minimum Gasteiger partial charge on any atom is -0.314 e. The van der Waals surface area contributed by atoms with Crippen LogP contribution in [0.5, 0.6) is 0 Å². The summed E-state index contributed by atoms with van der Waals surface area (Å²) in [6.45, 7) is 0.532. The molecule has 0 radical (unpaired) electrons. The quantitative estimate of drug-likeness (QED) is 0.184. The van der Waals surface area contributed by atoms with Gasteiger partial charge in [0.15, 0.2) is 5.16 Å². The number of amides is 1. The number of aromatic nitrogens is 2. The fourth-order valence-corrected chi connectivity index (χ4v) is 4.44. The van der Waals surface area contributed by atoms with E-state index in [-0.39, 0.29) is 17.2 Å². The summed E-state index contributed by atoms with van der Waals surface area (Å²) < 4.78 is 16.5. The molecule has 0 fully saturated rings. The van der Waals surface area contributed by atoms with Gasteiger partial charge in [0.2, 0.25) is 0 Å². The van der Waals surface area contributed by atoms with E-state index in [1.165, 1.54) is 24.0 Å². The Morgan fingerprint density at radius 2 is 1.97 bits per heavy atom. The van der Waals surface area contributed by atoms with Crippen LogP contribution >= 0.6 is 39.3 Å². The predicted molar refractivity (Wildman–Crippen MR) is 131 cm³/mol. The molecule has 0 spiro atoms. The smallest absolute Gasteiger partial charge is 0.250 e. The van der Waals surface area contributed by atoms with Crippen LogP contribution in [0.4, 0.5) is 4.39 Å². The fourth-order valence-electron chi connectivity index (χ4n) is 3.06. The zero-order valence-corrected chi connectivity index (χ0v) is 19.8. The number of thioether (sulfide) groups is 1. The normalized spacial score (nSPS) is 11.3. The van der Waals surface area contributed by atoms with Crippen LogP contribution in [0.25, 0.3) is 11.0 Å². The Hall–Kier alpha value is -2.68. The van der Waals surface area contributed by atoms with Crippen molar-refractivity contribution in [1.82, 2.24) is 15.0 Å². The van der Waals surface area contributed by atoms with Gasteiger partial charge in [-0.25, -0.2) is 14.8 Å². The first kappa shape index (κ1) is 22.5. The third-order valence-corrected chi connectivity index (χ3v) is 6.43. The number of carbonyl (C=O) groups is 1. The Balaban J connectivity index is 1.47. The van der Waals surface area contributed by atoms with Gasteiger partial charge in [0.25, 0.3) is 5.91 Å². The van der Waals surface area contributed by atoms with Gasteiger partial charge >= 0.3 is 0 Å². The van der Waals surface area contributed by atoms with Crippen molar-refractivity contribution >= 4 is 62.4 Å². The molecule has 0 bridgehead atoms. The number of hydrazone groups is 1. The van der Waals surface area contributed by atoms with Gasteiger partial charge in [-0.1, -0.05) is 69.6 Å². The van der Waals surface area contributed by atoms with Crippen molar-refractivity contribution in [3.63, 3.8) is 0 Å². The highest BCUT2D eigenvalue weighted by molar-refractivity contribution is 9.10. The SMILES string of the molecule is O=C(CSc1nc2ccccc2n1Cc1ccccc1Cl)NN=Cc1cc(Br)ccc1F. The van der Waals surface area contributed by atoms with Crippen molar-refractivity contribution in [2.45, 2.75) is 11.7 Å². The molecule has 0 saturated heterocycles. The molecule has 1 heterocycles. The number of rotatable bonds is 7. The first-order chi connectivity index (χ1) is 15.5. The highest BCUT2D eigenvalue weighted by Crippen LogP contribution is 2.27. The van der Waals surface area contributed by atoms with Gasteiger partial charge in [-0.2, -0.15) is 5.10 Å². The molecule has 9 heteroatoms. The van der Waals surface area contributed by atoms with E-state index in [2.05, 4.69) is 31.4 Å². The average molecular weight is 532 g/mol. The molecule has 1 amide bonds. The number of carbonyl (C=O) groups excluding carboxylic acids is 1. The second-order valence-electron chi connectivity index (χ2n) is 6.81. The van der Waals surface area contributed by atoms with E-state index in [1.807, 2.05) is 53.1 Å². The van der Waals surface area contributed by atoms with Gasteiger partial charge in [-0.15, -0.1) is 0 Å². The van der Waals surface area contributed by atoms with Gasteiger partial charge < -0.3 is 4.57 Å². The van der Waals surface area contributed by atoms with E-state index in [9.17, 15) is 9.18 Å². The number of fused-ring (bicyclic) bond motifs is 1. The lowest BCUT2D eigenvalue weighted by Crippen LogP contribution is -2.20. The van der Waals surface area contributed by atoms with E-state index in [4.69, 9.17) is 11.6 Å². The van der Waals surface area contributed by atoms with Crippen molar-refractivity contribution in [2.24, 2.45) is 5.10 Å². The maximum Gasteiger partial charge on any atom is 0.250 e. The molecule has 0 unspecified atom stereocenters. The molecular formula is C23H17BrClFN4OS. The third kappa shape index (κ3) is 5.38. The van der Waals surface area contributed by atoms with Crippen LogP contribution in [0.3, 0.4) is 0 Å². The molecule has 162 valence electrons. The maximum absolute atomic E-state index is 13.8. The molecule has 1 N–H and O–H groups in total. The molecule has 4 aromatic rings. The van der Waals surface area contributed by atoms with E-state index in [0.29, 0.717) is 16.7 Å². The Labute approximate surface area is 201 Å². The fraction of sp³-hybridized carbons (Fsp3) is 0.0870. The predicted octanol–water partition coefficient (Wildman–Crippen LogP) is 5.88. The van der Waals surface area contributed by atoms with Crippen molar-refractivity contribution < 1.29 is 9.18 Å². The molecule has 1 aromatic heterocycles. The summed E-state index contributed by atoms with van der Waals surface area (Å²) in [5.74, 6) is -0.642. The Morgan fingerprint density at radius 3 is 2.81 bits per heavy atom. The van der Waals surface area contributed by atoms with Crippen LogP contribution in [0.2, 0.25) is 5.02 Å². The first-order valence-corrected chi connectivity index (χ1v) is 11.8. The Bertz CT molecular complexity index is 1310. The lowest BCUT2D eigenvalue weighted by Gasteiger charge is -2.10. The minimum absolute atomic E-state index is 0.101. The van der Waals surface area contributed by atoms with Crippen LogP contribution in [0.15, 0.2) is 81.5 Å². The van der Waals surface area contributed by atoms with Gasteiger partial charge in [-0.3, -0.25) is 4.79 Å². The summed E-state index contributed by atoms with van der Waals surface area (Å²) in [6, 6.07) is 19.9. The monoisotopic (exact) mass is 530 g/mol.